The van der Waals surface area contributed by atoms with Crippen LogP contribution in [0.5, 0.6) is 0 Å². The van der Waals surface area contributed by atoms with Crippen molar-refractivity contribution < 1.29 is 0 Å². The zero-order chi connectivity index (χ0) is 13.9. The summed E-state index contributed by atoms with van der Waals surface area (Å²) >= 11 is 0. The molecule has 0 unspecified atom stereocenters. The standard InChI is InChI=1S/C14H18N6/c1-9-10(7-17-19-9)3-2-4-16-14-6-13-11(5-12(14)15)8-18-20-13/h5-8,16H,2-4,15H2,1H3,(H,17,19)(H,18,20). The fourth-order valence-corrected chi connectivity index (χ4v) is 2.29. The molecule has 0 aliphatic rings. The Kier molecular flexibility index (Phi) is 3.28. The molecule has 20 heavy (non-hydrogen) atoms. The van der Waals surface area contributed by atoms with Crippen molar-refractivity contribution in [2.75, 3.05) is 17.6 Å². The number of nitrogens with one attached hydrogen (secondary N) is 3. The molecule has 0 bridgehead atoms. The number of rotatable bonds is 5. The highest BCUT2D eigenvalue weighted by Crippen LogP contribution is 2.24. The molecule has 0 atom stereocenters. The summed E-state index contributed by atoms with van der Waals surface area (Å²) in [6.45, 7) is 2.91. The first-order valence-corrected chi connectivity index (χ1v) is 6.69. The molecule has 0 aliphatic heterocycles. The second-order valence-electron chi connectivity index (χ2n) is 4.95. The molecule has 5 N–H and O–H groups in total. The summed E-state index contributed by atoms with van der Waals surface area (Å²) < 4.78 is 0. The van der Waals surface area contributed by atoms with E-state index in [-0.39, 0.29) is 0 Å². The van der Waals surface area contributed by atoms with E-state index in [1.807, 2.05) is 25.3 Å². The number of hydrogen-bond acceptors (Lipinski definition) is 4. The van der Waals surface area contributed by atoms with Gasteiger partial charge in [-0.1, -0.05) is 0 Å². The number of nitrogens with zero attached hydrogens (tertiary/aromatic N) is 2. The van der Waals surface area contributed by atoms with Gasteiger partial charge < -0.3 is 11.1 Å². The molecule has 0 saturated carbocycles. The molecule has 3 rings (SSSR count). The third-order valence-electron chi connectivity index (χ3n) is 3.48. The lowest BCUT2D eigenvalue weighted by atomic mass is 10.1. The van der Waals surface area contributed by atoms with E-state index < -0.39 is 0 Å². The molecule has 6 nitrogen and oxygen atoms in total. The highest BCUT2D eigenvalue weighted by Gasteiger charge is 2.04. The highest BCUT2D eigenvalue weighted by atomic mass is 15.1. The molecule has 2 heterocycles. The fourth-order valence-electron chi connectivity index (χ4n) is 2.29. The maximum absolute atomic E-state index is 6.03. The Morgan fingerprint density at radius 2 is 2.05 bits per heavy atom. The Hall–Kier alpha value is -2.50. The number of benzene rings is 1. The van der Waals surface area contributed by atoms with Gasteiger partial charge in [0.2, 0.25) is 0 Å². The van der Waals surface area contributed by atoms with E-state index in [4.69, 9.17) is 5.73 Å². The smallest absolute Gasteiger partial charge is 0.0672 e. The fraction of sp³-hybridized carbons (Fsp3) is 0.286. The van der Waals surface area contributed by atoms with Crippen molar-refractivity contribution in [3.05, 3.63) is 35.8 Å². The minimum atomic E-state index is 0.749. The van der Waals surface area contributed by atoms with Crippen molar-refractivity contribution in [3.63, 3.8) is 0 Å². The molecule has 0 saturated heterocycles. The summed E-state index contributed by atoms with van der Waals surface area (Å²) in [6.07, 6.45) is 5.69. The topological polar surface area (TPSA) is 95.4 Å². The van der Waals surface area contributed by atoms with Gasteiger partial charge >= 0.3 is 0 Å². The number of nitrogen functional groups attached to an aromatic ring is 1. The van der Waals surface area contributed by atoms with Gasteiger partial charge in [-0.3, -0.25) is 10.2 Å². The van der Waals surface area contributed by atoms with E-state index in [2.05, 4.69) is 25.7 Å². The van der Waals surface area contributed by atoms with Gasteiger partial charge in [0.25, 0.3) is 0 Å². The van der Waals surface area contributed by atoms with Crippen LogP contribution in [0.1, 0.15) is 17.7 Å². The average molecular weight is 270 g/mol. The van der Waals surface area contributed by atoms with Crippen LogP contribution in [-0.4, -0.2) is 26.9 Å². The quantitative estimate of drug-likeness (QED) is 0.422. The van der Waals surface area contributed by atoms with E-state index in [1.54, 1.807) is 6.20 Å². The first kappa shape index (κ1) is 12.5. The van der Waals surface area contributed by atoms with Gasteiger partial charge in [0.05, 0.1) is 29.3 Å². The molecule has 104 valence electrons. The number of fused-ring (bicyclic) bond motifs is 1. The van der Waals surface area contributed by atoms with Crippen LogP contribution in [0.4, 0.5) is 11.4 Å². The Morgan fingerprint density at radius 1 is 1.20 bits per heavy atom. The summed E-state index contributed by atoms with van der Waals surface area (Å²) in [6, 6.07) is 3.93. The van der Waals surface area contributed by atoms with Crippen LogP contribution in [-0.2, 0) is 6.42 Å². The second-order valence-corrected chi connectivity index (χ2v) is 4.95. The number of aromatic amines is 2. The first-order valence-electron chi connectivity index (χ1n) is 6.69. The minimum Gasteiger partial charge on any atom is -0.397 e. The lowest BCUT2D eigenvalue weighted by Crippen LogP contribution is -2.05. The molecule has 1 aromatic carbocycles. The zero-order valence-electron chi connectivity index (χ0n) is 11.4. The summed E-state index contributed by atoms with van der Waals surface area (Å²) in [5.41, 5.74) is 11.1. The van der Waals surface area contributed by atoms with Crippen molar-refractivity contribution in [2.24, 2.45) is 0 Å². The van der Waals surface area contributed by atoms with Crippen molar-refractivity contribution in [2.45, 2.75) is 19.8 Å². The van der Waals surface area contributed by atoms with Crippen molar-refractivity contribution in [1.82, 2.24) is 20.4 Å². The van der Waals surface area contributed by atoms with Crippen LogP contribution in [0.15, 0.2) is 24.5 Å². The molecule has 0 spiro atoms. The minimum absolute atomic E-state index is 0.749. The van der Waals surface area contributed by atoms with Crippen LogP contribution < -0.4 is 11.1 Å². The maximum Gasteiger partial charge on any atom is 0.0672 e. The molecule has 0 amide bonds. The van der Waals surface area contributed by atoms with Crippen LogP contribution in [0.25, 0.3) is 10.9 Å². The number of hydrogen-bond donors (Lipinski definition) is 4. The molecule has 3 aromatic rings. The number of anilines is 2. The normalized spacial score (nSPS) is 11.1. The molecule has 6 heteroatoms. The van der Waals surface area contributed by atoms with Crippen molar-refractivity contribution in [3.8, 4) is 0 Å². The molecule has 0 aliphatic carbocycles. The lowest BCUT2D eigenvalue weighted by Gasteiger charge is -2.09. The van der Waals surface area contributed by atoms with Crippen molar-refractivity contribution in [1.29, 1.82) is 0 Å². The Balaban J connectivity index is 1.59. The van der Waals surface area contributed by atoms with Gasteiger partial charge in [-0.2, -0.15) is 10.2 Å². The van der Waals surface area contributed by atoms with Crippen LogP contribution in [0.3, 0.4) is 0 Å². The predicted molar refractivity (Wildman–Crippen MR) is 80.6 cm³/mol. The van der Waals surface area contributed by atoms with Crippen molar-refractivity contribution >= 4 is 22.3 Å². The Labute approximate surface area is 116 Å². The first-order chi connectivity index (χ1) is 9.74. The van der Waals surface area contributed by atoms with Gasteiger partial charge in [-0.25, -0.2) is 0 Å². The predicted octanol–water partition coefficient (Wildman–Crippen LogP) is 2.22. The second kappa shape index (κ2) is 5.24. The van der Waals surface area contributed by atoms with Gasteiger partial charge in [0, 0.05) is 17.6 Å². The van der Waals surface area contributed by atoms with Gasteiger partial charge in [-0.15, -0.1) is 0 Å². The SMILES string of the molecule is Cc1[nH]ncc1CCCNc1cc2[nH]ncc2cc1N. The third-order valence-corrected chi connectivity index (χ3v) is 3.48. The highest BCUT2D eigenvalue weighted by molar-refractivity contribution is 5.88. The van der Waals surface area contributed by atoms with Gasteiger partial charge in [-0.05, 0) is 37.5 Å². The third kappa shape index (κ3) is 2.45. The van der Waals surface area contributed by atoms with Crippen LogP contribution in [0, 0.1) is 6.92 Å². The number of aromatic nitrogens is 4. The Bertz CT molecular complexity index is 711. The van der Waals surface area contributed by atoms with Gasteiger partial charge in [0.1, 0.15) is 0 Å². The van der Waals surface area contributed by atoms with E-state index in [0.29, 0.717) is 0 Å². The van der Waals surface area contributed by atoms with E-state index in [1.165, 1.54) is 5.56 Å². The Morgan fingerprint density at radius 3 is 2.85 bits per heavy atom. The van der Waals surface area contributed by atoms with Crippen LogP contribution in [0.2, 0.25) is 0 Å². The molecule has 0 fully saturated rings. The number of nitrogens with two attached hydrogens (primary N) is 1. The number of aryl methyl sites for hydroxylation is 2. The van der Waals surface area contributed by atoms with E-state index >= 15 is 0 Å². The van der Waals surface area contributed by atoms with Gasteiger partial charge in [0.15, 0.2) is 0 Å². The lowest BCUT2D eigenvalue weighted by molar-refractivity contribution is 0.858. The summed E-state index contributed by atoms with van der Waals surface area (Å²) in [5, 5.41) is 18.3. The summed E-state index contributed by atoms with van der Waals surface area (Å²) in [4.78, 5) is 0. The van der Waals surface area contributed by atoms with Crippen LogP contribution >= 0.6 is 0 Å². The number of H-pyrrole nitrogens is 2. The zero-order valence-corrected chi connectivity index (χ0v) is 11.4. The van der Waals surface area contributed by atoms with E-state index in [0.717, 1.165) is 47.4 Å². The molecule has 0 radical (unpaired) electrons. The molecule has 2 aromatic heterocycles. The summed E-state index contributed by atoms with van der Waals surface area (Å²) in [7, 11) is 0. The largest absolute Gasteiger partial charge is 0.397 e. The monoisotopic (exact) mass is 270 g/mol. The maximum atomic E-state index is 6.03. The summed E-state index contributed by atoms with van der Waals surface area (Å²) in [5.74, 6) is 0. The molecular formula is C14H18N6. The molecular weight excluding hydrogens is 252 g/mol. The average Bonchev–Trinajstić information content (AvgIpc) is 3.03. The van der Waals surface area contributed by atoms with E-state index in [9.17, 15) is 0 Å².